The molecule has 0 amide bonds. The van der Waals surface area contributed by atoms with Crippen LogP contribution in [-0.2, 0) is 12.8 Å². The van der Waals surface area contributed by atoms with Gasteiger partial charge in [0.25, 0.3) is 0 Å². The minimum atomic E-state index is 0.537. The number of aromatic nitrogens is 1. The maximum Gasteiger partial charge on any atom is 0.0940 e. The highest BCUT2D eigenvalue weighted by Crippen LogP contribution is 2.37. The van der Waals surface area contributed by atoms with Gasteiger partial charge >= 0.3 is 0 Å². The fourth-order valence-electron chi connectivity index (χ4n) is 3.17. The van der Waals surface area contributed by atoms with Crippen LogP contribution in [0.5, 0.6) is 0 Å². The summed E-state index contributed by atoms with van der Waals surface area (Å²) >= 11 is 3.72. The minimum Gasteiger partial charge on any atom is -0.313 e. The summed E-state index contributed by atoms with van der Waals surface area (Å²) in [6, 6.07) is 2.89. The molecule has 0 fully saturated rings. The summed E-state index contributed by atoms with van der Waals surface area (Å²) < 4.78 is 0. The minimum absolute atomic E-state index is 0.537. The molecule has 0 saturated carbocycles. The normalized spacial score (nSPS) is 19.8. The number of nitrogens with one attached hydrogen (secondary N) is 1. The molecule has 2 aromatic heterocycles. The summed E-state index contributed by atoms with van der Waals surface area (Å²) in [4.78, 5) is 6.10. The standard InChI is InChI=1S/C16H22N2S2/c1-2-7-17-14(11-16-18-8-10-20-16)12-4-3-5-15-13(12)6-9-19-15/h6,8-10,12,14,17H,2-5,7,11H2,1H3. The van der Waals surface area contributed by atoms with Crippen molar-refractivity contribution in [1.29, 1.82) is 0 Å². The predicted molar refractivity (Wildman–Crippen MR) is 87.9 cm³/mol. The molecule has 4 heteroatoms. The number of fused-ring (bicyclic) bond motifs is 1. The zero-order valence-electron chi connectivity index (χ0n) is 12.0. The maximum atomic E-state index is 4.48. The first-order valence-corrected chi connectivity index (χ1v) is 9.32. The highest BCUT2D eigenvalue weighted by Gasteiger charge is 2.28. The number of thiazole rings is 1. The molecule has 2 aromatic rings. The molecule has 0 saturated heterocycles. The lowest BCUT2D eigenvalue weighted by molar-refractivity contribution is 0.391. The van der Waals surface area contributed by atoms with Crippen LogP contribution in [0.3, 0.4) is 0 Å². The van der Waals surface area contributed by atoms with Crippen molar-refractivity contribution in [2.75, 3.05) is 6.54 Å². The van der Waals surface area contributed by atoms with Crippen LogP contribution in [0.2, 0.25) is 0 Å². The molecule has 2 heterocycles. The molecule has 3 rings (SSSR count). The molecule has 2 nitrogen and oxygen atoms in total. The first-order chi connectivity index (χ1) is 9.88. The van der Waals surface area contributed by atoms with E-state index in [9.17, 15) is 0 Å². The number of rotatable bonds is 6. The first kappa shape index (κ1) is 14.2. The second-order valence-corrected chi connectivity index (χ2v) is 7.47. The van der Waals surface area contributed by atoms with Gasteiger partial charge in [0.2, 0.25) is 0 Å². The molecule has 0 radical (unpaired) electrons. The van der Waals surface area contributed by atoms with Crippen molar-refractivity contribution in [3.63, 3.8) is 0 Å². The van der Waals surface area contributed by atoms with E-state index in [1.807, 2.05) is 17.5 Å². The Kier molecular flexibility index (Phi) is 4.86. The Labute approximate surface area is 129 Å². The lowest BCUT2D eigenvalue weighted by atomic mass is 9.81. The molecule has 1 aliphatic carbocycles. The van der Waals surface area contributed by atoms with E-state index in [0.717, 1.165) is 13.0 Å². The van der Waals surface area contributed by atoms with Crippen molar-refractivity contribution in [2.45, 2.75) is 51.0 Å². The topological polar surface area (TPSA) is 24.9 Å². The van der Waals surface area contributed by atoms with Gasteiger partial charge in [-0.2, -0.15) is 0 Å². The summed E-state index contributed by atoms with van der Waals surface area (Å²) in [6.45, 7) is 3.34. The molecule has 108 valence electrons. The second-order valence-electron chi connectivity index (χ2n) is 5.49. The molecule has 1 aliphatic rings. The summed E-state index contributed by atoms with van der Waals surface area (Å²) in [5.74, 6) is 0.667. The van der Waals surface area contributed by atoms with Crippen molar-refractivity contribution in [3.05, 3.63) is 38.5 Å². The van der Waals surface area contributed by atoms with Gasteiger partial charge in [0, 0.05) is 34.8 Å². The third-order valence-electron chi connectivity index (χ3n) is 4.12. The Morgan fingerprint density at radius 2 is 2.35 bits per heavy atom. The van der Waals surface area contributed by atoms with Crippen LogP contribution in [0.15, 0.2) is 23.0 Å². The lowest BCUT2D eigenvalue weighted by Gasteiger charge is -2.31. The van der Waals surface area contributed by atoms with E-state index in [4.69, 9.17) is 0 Å². The van der Waals surface area contributed by atoms with Crippen LogP contribution in [0.1, 0.15) is 47.6 Å². The number of aryl methyl sites for hydroxylation is 1. The number of hydrogen-bond donors (Lipinski definition) is 1. The molecule has 20 heavy (non-hydrogen) atoms. The van der Waals surface area contributed by atoms with Crippen molar-refractivity contribution < 1.29 is 0 Å². The number of thiophene rings is 1. The summed E-state index contributed by atoms with van der Waals surface area (Å²) in [6.07, 6.45) is 8.11. The van der Waals surface area contributed by atoms with Gasteiger partial charge in [-0.3, -0.25) is 0 Å². The molecule has 0 spiro atoms. The molecule has 0 aromatic carbocycles. The number of hydrogen-bond acceptors (Lipinski definition) is 4. The van der Waals surface area contributed by atoms with Gasteiger partial charge in [0.15, 0.2) is 0 Å². The Morgan fingerprint density at radius 3 is 3.15 bits per heavy atom. The van der Waals surface area contributed by atoms with Crippen LogP contribution in [0, 0.1) is 0 Å². The summed E-state index contributed by atoms with van der Waals surface area (Å²) in [7, 11) is 0. The summed E-state index contributed by atoms with van der Waals surface area (Å²) in [5.41, 5.74) is 1.60. The van der Waals surface area contributed by atoms with Gasteiger partial charge in [-0.1, -0.05) is 6.92 Å². The van der Waals surface area contributed by atoms with Crippen LogP contribution in [0.25, 0.3) is 0 Å². The van der Waals surface area contributed by atoms with E-state index in [1.54, 1.807) is 21.8 Å². The Morgan fingerprint density at radius 1 is 1.40 bits per heavy atom. The highest BCUT2D eigenvalue weighted by molar-refractivity contribution is 7.10. The summed E-state index contributed by atoms with van der Waals surface area (Å²) in [5, 5.41) is 9.40. The molecule has 0 aliphatic heterocycles. The SMILES string of the molecule is CCCNC(Cc1nccs1)C1CCCc2sccc21. The average Bonchev–Trinajstić information content (AvgIpc) is 3.13. The molecule has 1 N–H and O–H groups in total. The molecular weight excluding hydrogens is 284 g/mol. The van der Waals surface area contributed by atoms with Crippen LogP contribution in [0.4, 0.5) is 0 Å². The smallest absolute Gasteiger partial charge is 0.0940 e. The van der Waals surface area contributed by atoms with E-state index in [-0.39, 0.29) is 0 Å². The van der Waals surface area contributed by atoms with E-state index < -0.39 is 0 Å². The number of nitrogens with zero attached hydrogens (tertiary/aromatic N) is 1. The van der Waals surface area contributed by atoms with E-state index in [0.29, 0.717) is 12.0 Å². The zero-order chi connectivity index (χ0) is 13.8. The van der Waals surface area contributed by atoms with E-state index in [2.05, 4.69) is 34.1 Å². The monoisotopic (exact) mass is 306 g/mol. The lowest BCUT2D eigenvalue weighted by Crippen LogP contribution is -2.38. The fourth-order valence-corrected chi connectivity index (χ4v) is 4.84. The van der Waals surface area contributed by atoms with Gasteiger partial charge in [-0.15, -0.1) is 22.7 Å². The second kappa shape index (κ2) is 6.83. The van der Waals surface area contributed by atoms with Crippen molar-refractivity contribution >= 4 is 22.7 Å². The predicted octanol–water partition coefficient (Wildman–Crippen LogP) is 4.24. The average molecular weight is 306 g/mol. The van der Waals surface area contributed by atoms with E-state index >= 15 is 0 Å². The largest absolute Gasteiger partial charge is 0.313 e. The van der Waals surface area contributed by atoms with Crippen molar-refractivity contribution in [2.24, 2.45) is 0 Å². The molecule has 0 bridgehead atoms. The van der Waals surface area contributed by atoms with Gasteiger partial charge in [-0.25, -0.2) is 4.98 Å². The van der Waals surface area contributed by atoms with Crippen LogP contribution >= 0.6 is 22.7 Å². The fraction of sp³-hybridized carbons (Fsp3) is 0.562. The molecule has 2 atom stereocenters. The van der Waals surface area contributed by atoms with Gasteiger partial charge in [-0.05, 0) is 49.2 Å². The van der Waals surface area contributed by atoms with Gasteiger partial charge in [0.1, 0.15) is 0 Å². The van der Waals surface area contributed by atoms with Crippen LogP contribution in [-0.4, -0.2) is 17.6 Å². The Balaban J connectivity index is 1.79. The quantitative estimate of drug-likeness (QED) is 0.863. The van der Waals surface area contributed by atoms with Crippen molar-refractivity contribution in [1.82, 2.24) is 10.3 Å². The highest BCUT2D eigenvalue weighted by atomic mass is 32.1. The third-order valence-corrected chi connectivity index (χ3v) is 5.92. The molecule has 2 unspecified atom stereocenters. The Hall–Kier alpha value is -0.710. The van der Waals surface area contributed by atoms with Gasteiger partial charge in [0.05, 0.1) is 5.01 Å². The van der Waals surface area contributed by atoms with Gasteiger partial charge < -0.3 is 5.32 Å². The maximum absolute atomic E-state index is 4.48. The van der Waals surface area contributed by atoms with E-state index in [1.165, 1.54) is 30.7 Å². The van der Waals surface area contributed by atoms with Crippen molar-refractivity contribution in [3.8, 4) is 0 Å². The molecular formula is C16H22N2S2. The third kappa shape index (κ3) is 3.13. The van der Waals surface area contributed by atoms with Crippen LogP contribution < -0.4 is 5.32 Å². The Bertz CT molecular complexity index is 518. The first-order valence-electron chi connectivity index (χ1n) is 7.56. The zero-order valence-corrected chi connectivity index (χ0v) is 13.6.